The van der Waals surface area contributed by atoms with Gasteiger partial charge in [-0.05, 0) is 6.08 Å². The molecule has 0 spiro atoms. The predicted octanol–water partition coefficient (Wildman–Crippen LogP) is 0.678. The first-order chi connectivity index (χ1) is 4.20. The maximum absolute atomic E-state index is 10.5. The largest absolute Gasteiger partial charge is 0.389 e. The third-order valence-corrected chi connectivity index (χ3v) is 0.910. The summed E-state index contributed by atoms with van der Waals surface area (Å²) in [6.45, 7) is 6.56. The van der Waals surface area contributed by atoms with Crippen molar-refractivity contribution in [3.8, 4) is 0 Å². The van der Waals surface area contributed by atoms with Gasteiger partial charge in [-0.2, -0.15) is 0 Å². The molecule has 1 atom stereocenters. The quantitative estimate of drug-likeness (QED) is 0.444. The molecule has 0 heterocycles. The van der Waals surface area contributed by atoms with Crippen molar-refractivity contribution < 1.29 is 9.90 Å². The minimum atomic E-state index is -0.726. The summed E-state index contributed by atoms with van der Waals surface area (Å²) in [6.07, 6.45) is 1.87. The summed E-state index contributed by atoms with van der Waals surface area (Å²) in [4.78, 5) is 10.5. The van der Waals surface area contributed by atoms with Crippen LogP contribution in [-0.4, -0.2) is 17.0 Å². The van der Waals surface area contributed by atoms with Gasteiger partial charge in [0.1, 0.15) is 0 Å². The van der Waals surface area contributed by atoms with E-state index in [2.05, 4.69) is 13.2 Å². The van der Waals surface area contributed by atoms with Gasteiger partial charge in [0.2, 0.25) is 0 Å². The van der Waals surface area contributed by atoms with E-state index in [1.807, 2.05) is 0 Å². The molecule has 2 nitrogen and oxygen atoms in total. The molecule has 0 bridgehead atoms. The van der Waals surface area contributed by atoms with E-state index in [1.165, 1.54) is 12.2 Å². The fraction of sp³-hybridized carbons (Fsp3) is 0.286. The van der Waals surface area contributed by atoms with Crippen molar-refractivity contribution in [1.82, 2.24) is 0 Å². The predicted molar refractivity (Wildman–Crippen MR) is 36.0 cm³/mol. The van der Waals surface area contributed by atoms with Gasteiger partial charge in [-0.1, -0.05) is 12.7 Å². The minimum Gasteiger partial charge on any atom is -0.389 e. The van der Waals surface area contributed by atoms with Gasteiger partial charge in [0.15, 0.2) is 5.78 Å². The van der Waals surface area contributed by atoms with Crippen molar-refractivity contribution in [1.29, 1.82) is 0 Å². The van der Waals surface area contributed by atoms with Crippen LogP contribution in [0.25, 0.3) is 0 Å². The molecule has 0 aromatic rings. The Bertz CT molecular complexity index is 127. The molecular weight excluding hydrogens is 116 g/mol. The lowest BCUT2D eigenvalue weighted by Gasteiger charge is -1.98. The molecular formula is C7H10O2. The Labute approximate surface area is 54.5 Å². The van der Waals surface area contributed by atoms with Crippen molar-refractivity contribution >= 4 is 5.78 Å². The van der Waals surface area contributed by atoms with Gasteiger partial charge in [-0.3, -0.25) is 4.79 Å². The molecule has 0 unspecified atom stereocenters. The summed E-state index contributed by atoms with van der Waals surface area (Å²) < 4.78 is 0. The number of carbonyl (C=O) groups is 1. The Morgan fingerprint density at radius 3 is 2.56 bits per heavy atom. The second-order valence-electron chi connectivity index (χ2n) is 1.68. The number of hydrogen-bond donors (Lipinski definition) is 1. The topological polar surface area (TPSA) is 37.3 Å². The van der Waals surface area contributed by atoms with E-state index in [0.717, 1.165) is 0 Å². The highest BCUT2D eigenvalue weighted by atomic mass is 16.3. The van der Waals surface area contributed by atoms with Gasteiger partial charge in [-0.15, -0.1) is 6.58 Å². The van der Waals surface area contributed by atoms with Crippen LogP contribution in [0.3, 0.4) is 0 Å². The highest BCUT2D eigenvalue weighted by molar-refractivity contribution is 5.89. The Balaban J connectivity index is 3.58. The fourth-order valence-electron chi connectivity index (χ4n) is 0.373. The average molecular weight is 126 g/mol. The summed E-state index contributed by atoms with van der Waals surface area (Å²) >= 11 is 0. The first-order valence-electron chi connectivity index (χ1n) is 2.66. The summed E-state index contributed by atoms with van der Waals surface area (Å²) in [6, 6.07) is 0. The van der Waals surface area contributed by atoms with E-state index in [-0.39, 0.29) is 12.2 Å². The Kier molecular flexibility index (Phi) is 3.64. The van der Waals surface area contributed by atoms with Crippen molar-refractivity contribution in [3.05, 3.63) is 25.3 Å². The molecule has 9 heavy (non-hydrogen) atoms. The summed E-state index contributed by atoms with van der Waals surface area (Å²) in [5.74, 6) is -0.164. The second-order valence-corrected chi connectivity index (χ2v) is 1.68. The van der Waals surface area contributed by atoms with Crippen molar-refractivity contribution in [2.45, 2.75) is 12.5 Å². The van der Waals surface area contributed by atoms with Crippen molar-refractivity contribution in [3.63, 3.8) is 0 Å². The SMILES string of the molecule is C=CC(=O)C[C@H](O)C=C. The van der Waals surface area contributed by atoms with Crippen molar-refractivity contribution in [2.24, 2.45) is 0 Å². The molecule has 2 heteroatoms. The lowest BCUT2D eigenvalue weighted by Crippen LogP contribution is -2.07. The number of carbonyl (C=O) groups excluding carboxylic acids is 1. The standard InChI is InChI=1S/C7H10O2/c1-3-6(8)5-7(9)4-2/h3-4,6,8H,1-2,5H2/t6-/m1/s1. The lowest BCUT2D eigenvalue weighted by molar-refractivity contribution is -0.115. The number of hydrogen-bond acceptors (Lipinski definition) is 2. The zero-order chi connectivity index (χ0) is 7.28. The van der Waals surface area contributed by atoms with E-state index in [4.69, 9.17) is 5.11 Å². The zero-order valence-corrected chi connectivity index (χ0v) is 5.21. The molecule has 50 valence electrons. The number of allylic oxidation sites excluding steroid dienone is 1. The summed E-state index contributed by atoms with van der Waals surface area (Å²) in [7, 11) is 0. The van der Waals surface area contributed by atoms with Crippen LogP contribution in [0.2, 0.25) is 0 Å². The number of aliphatic hydroxyl groups excluding tert-OH is 1. The molecule has 0 saturated carbocycles. The lowest BCUT2D eigenvalue weighted by atomic mass is 10.2. The third-order valence-electron chi connectivity index (χ3n) is 0.910. The fourth-order valence-corrected chi connectivity index (χ4v) is 0.373. The first kappa shape index (κ1) is 8.11. The number of aliphatic hydroxyl groups is 1. The summed E-state index contributed by atoms with van der Waals surface area (Å²) in [5, 5.41) is 8.77. The van der Waals surface area contributed by atoms with Crippen LogP contribution in [0.4, 0.5) is 0 Å². The molecule has 0 radical (unpaired) electrons. The van der Waals surface area contributed by atoms with Gasteiger partial charge in [-0.25, -0.2) is 0 Å². The molecule has 0 saturated heterocycles. The normalized spacial score (nSPS) is 12.1. The first-order valence-corrected chi connectivity index (χ1v) is 2.66. The number of ketones is 1. The van der Waals surface area contributed by atoms with E-state index >= 15 is 0 Å². The van der Waals surface area contributed by atoms with Crippen LogP contribution in [-0.2, 0) is 4.79 Å². The molecule has 1 N–H and O–H groups in total. The third kappa shape index (κ3) is 3.67. The van der Waals surface area contributed by atoms with Gasteiger partial charge in [0, 0.05) is 6.42 Å². The van der Waals surface area contributed by atoms with E-state index < -0.39 is 6.10 Å². The zero-order valence-electron chi connectivity index (χ0n) is 5.21. The van der Waals surface area contributed by atoms with E-state index in [0.29, 0.717) is 0 Å². The Hall–Kier alpha value is -0.890. The molecule has 0 aromatic heterocycles. The number of rotatable bonds is 4. The average Bonchev–Trinajstić information content (AvgIpc) is 1.87. The highest BCUT2D eigenvalue weighted by Gasteiger charge is 2.01. The molecule has 0 aliphatic carbocycles. The molecule has 0 aromatic carbocycles. The Morgan fingerprint density at radius 1 is 1.67 bits per heavy atom. The summed E-state index contributed by atoms with van der Waals surface area (Å²) in [5.41, 5.74) is 0. The van der Waals surface area contributed by atoms with Crippen LogP contribution in [0.15, 0.2) is 25.3 Å². The highest BCUT2D eigenvalue weighted by Crippen LogP contribution is 1.93. The van der Waals surface area contributed by atoms with E-state index in [9.17, 15) is 4.79 Å². The van der Waals surface area contributed by atoms with Gasteiger partial charge in [0.05, 0.1) is 6.10 Å². The van der Waals surface area contributed by atoms with Crippen LogP contribution in [0, 0.1) is 0 Å². The second kappa shape index (κ2) is 4.04. The van der Waals surface area contributed by atoms with Crippen LogP contribution >= 0.6 is 0 Å². The monoisotopic (exact) mass is 126 g/mol. The van der Waals surface area contributed by atoms with Crippen LogP contribution in [0.1, 0.15) is 6.42 Å². The molecule has 0 fully saturated rings. The van der Waals surface area contributed by atoms with Crippen molar-refractivity contribution in [2.75, 3.05) is 0 Å². The maximum atomic E-state index is 10.5. The molecule has 0 aliphatic heterocycles. The van der Waals surface area contributed by atoms with Crippen LogP contribution in [0.5, 0.6) is 0 Å². The van der Waals surface area contributed by atoms with Gasteiger partial charge >= 0.3 is 0 Å². The maximum Gasteiger partial charge on any atom is 0.158 e. The minimum absolute atomic E-state index is 0.0903. The Morgan fingerprint density at radius 2 is 2.22 bits per heavy atom. The van der Waals surface area contributed by atoms with E-state index in [1.54, 1.807) is 0 Å². The van der Waals surface area contributed by atoms with Crippen LogP contribution < -0.4 is 0 Å². The molecule has 0 amide bonds. The molecule has 0 rings (SSSR count). The molecule has 0 aliphatic rings. The van der Waals surface area contributed by atoms with Gasteiger partial charge < -0.3 is 5.11 Å². The van der Waals surface area contributed by atoms with Gasteiger partial charge in [0.25, 0.3) is 0 Å². The smallest absolute Gasteiger partial charge is 0.158 e.